The van der Waals surface area contributed by atoms with Gasteiger partial charge in [0, 0.05) is 16.9 Å². The molecule has 0 spiro atoms. The lowest BCUT2D eigenvalue weighted by molar-refractivity contribution is 0.0602. The highest BCUT2D eigenvalue weighted by molar-refractivity contribution is 7.09. The molecule has 0 amide bonds. The van der Waals surface area contributed by atoms with Gasteiger partial charge in [0.05, 0.1) is 23.7 Å². The lowest BCUT2D eigenvalue weighted by atomic mass is 10.1. The van der Waals surface area contributed by atoms with Gasteiger partial charge in [0.2, 0.25) is 0 Å². The van der Waals surface area contributed by atoms with E-state index < -0.39 is 5.97 Å². The van der Waals surface area contributed by atoms with E-state index in [-0.39, 0.29) is 0 Å². The van der Waals surface area contributed by atoms with E-state index in [4.69, 9.17) is 4.74 Å². The average molecular weight is 300 g/mol. The highest BCUT2D eigenvalue weighted by Crippen LogP contribution is 2.22. The minimum atomic E-state index is -0.455. The first-order chi connectivity index (χ1) is 10.2. The summed E-state index contributed by atoms with van der Waals surface area (Å²) in [6.45, 7) is 0. The first kappa shape index (κ1) is 13.5. The first-order valence-electron chi connectivity index (χ1n) is 6.30. The number of aromatic amines is 1. The number of carbonyl (C=O) groups is 2. The molecule has 2 heterocycles. The summed E-state index contributed by atoms with van der Waals surface area (Å²) in [4.78, 5) is 31.7. The number of rotatable bonds is 4. The minimum Gasteiger partial charge on any atom is -0.465 e. The number of fused-ring (bicyclic) bond motifs is 1. The second-order valence-electron chi connectivity index (χ2n) is 4.48. The van der Waals surface area contributed by atoms with E-state index in [2.05, 4.69) is 9.97 Å². The van der Waals surface area contributed by atoms with Crippen molar-refractivity contribution in [3.63, 3.8) is 0 Å². The van der Waals surface area contributed by atoms with Crippen molar-refractivity contribution in [2.24, 2.45) is 0 Å². The molecule has 0 radical (unpaired) electrons. The largest absolute Gasteiger partial charge is 0.465 e. The number of methoxy groups -OCH3 is 1. The highest BCUT2D eigenvalue weighted by atomic mass is 32.1. The molecule has 5 nitrogen and oxygen atoms in total. The molecule has 1 aromatic carbocycles. The van der Waals surface area contributed by atoms with Crippen LogP contribution < -0.4 is 0 Å². The summed E-state index contributed by atoms with van der Waals surface area (Å²) in [5, 5.41) is 1.99. The van der Waals surface area contributed by atoms with Crippen LogP contribution in [0.1, 0.15) is 31.4 Å². The number of benzene rings is 1. The third-order valence-electron chi connectivity index (χ3n) is 3.18. The molecule has 0 aliphatic rings. The first-order valence-corrected chi connectivity index (χ1v) is 7.18. The number of thiophene rings is 1. The highest BCUT2D eigenvalue weighted by Gasteiger charge is 2.17. The van der Waals surface area contributed by atoms with E-state index in [1.165, 1.54) is 7.11 Å². The number of nitrogens with zero attached hydrogens (tertiary/aromatic N) is 1. The van der Waals surface area contributed by atoms with Crippen molar-refractivity contribution in [3.8, 4) is 0 Å². The average Bonchev–Trinajstić information content (AvgIpc) is 3.14. The number of carbonyl (C=O) groups excluding carboxylic acids is 2. The summed E-state index contributed by atoms with van der Waals surface area (Å²) in [6.07, 6.45) is 1.37. The fourth-order valence-corrected chi connectivity index (χ4v) is 2.91. The number of nitrogens with one attached hydrogen (secondary N) is 1. The molecule has 0 aliphatic heterocycles. The number of hydrogen-bond acceptors (Lipinski definition) is 5. The van der Waals surface area contributed by atoms with Gasteiger partial charge >= 0.3 is 5.97 Å². The van der Waals surface area contributed by atoms with Crippen LogP contribution >= 0.6 is 11.3 Å². The summed E-state index contributed by atoms with van der Waals surface area (Å²) >= 11 is 1.63. The number of imidazole rings is 1. The van der Waals surface area contributed by atoms with Crippen LogP contribution in [-0.2, 0) is 11.2 Å². The summed E-state index contributed by atoms with van der Waals surface area (Å²) in [7, 11) is 1.32. The second-order valence-corrected chi connectivity index (χ2v) is 5.51. The molecule has 0 saturated carbocycles. The molecule has 0 fully saturated rings. The number of aldehydes is 1. The van der Waals surface area contributed by atoms with E-state index in [9.17, 15) is 9.59 Å². The van der Waals surface area contributed by atoms with Crippen LogP contribution in [0.5, 0.6) is 0 Å². The van der Waals surface area contributed by atoms with Crippen molar-refractivity contribution in [1.82, 2.24) is 9.97 Å². The van der Waals surface area contributed by atoms with Crippen molar-refractivity contribution in [2.45, 2.75) is 6.42 Å². The molecular weight excluding hydrogens is 288 g/mol. The van der Waals surface area contributed by atoms with Crippen LogP contribution in [0, 0.1) is 0 Å². The molecule has 6 heteroatoms. The van der Waals surface area contributed by atoms with Crippen molar-refractivity contribution in [1.29, 1.82) is 0 Å². The van der Waals surface area contributed by atoms with Gasteiger partial charge in [-0.25, -0.2) is 9.78 Å². The maximum absolute atomic E-state index is 11.8. The van der Waals surface area contributed by atoms with Gasteiger partial charge in [-0.15, -0.1) is 11.3 Å². The summed E-state index contributed by atoms with van der Waals surface area (Å²) < 4.78 is 4.76. The number of ether oxygens (including phenoxy) is 1. The maximum atomic E-state index is 11.8. The Balaban J connectivity index is 2.13. The predicted molar refractivity (Wildman–Crippen MR) is 79.9 cm³/mol. The molecule has 0 aliphatic carbocycles. The topological polar surface area (TPSA) is 72.1 Å². The maximum Gasteiger partial charge on any atom is 0.340 e. The van der Waals surface area contributed by atoms with Crippen molar-refractivity contribution < 1.29 is 14.3 Å². The Bertz CT molecular complexity index is 806. The molecule has 1 N–H and O–H groups in total. The monoisotopic (exact) mass is 300 g/mol. The molecule has 3 aromatic rings. The fraction of sp³-hybridized carbons (Fsp3) is 0.133. The normalized spacial score (nSPS) is 10.7. The van der Waals surface area contributed by atoms with Crippen LogP contribution in [0.25, 0.3) is 11.0 Å². The number of hydrogen-bond donors (Lipinski definition) is 1. The quantitative estimate of drug-likeness (QED) is 0.594. The van der Waals surface area contributed by atoms with Gasteiger partial charge in [0.25, 0.3) is 0 Å². The van der Waals surface area contributed by atoms with Crippen molar-refractivity contribution in [3.05, 3.63) is 51.5 Å². The van der Waals surface area contributed by atoms with Gasteiger partial charge in [0.15, 0.2) is 6.29 Å². The van der Waals surface area contributed by atoms with E-state index in [0.717, 1.165) is 11.2 Å². The molecule has 2 aromatic heterocycles. The van der Waals surface area contributed by atoms with E-state index in [1.807, 2.05) is 17.5 Å². The van der Waals surface area contributed by atoms with Gasteiger partial charge in [0.1, 0.15) is 5.82 Å². The van der Waals surface area contributed by atoms with Crippen LogP contribution in [-0.4, -0.2) is 29.3 Å². The number of esters is 1. The van der Waals surface area contributed by atoms with Crippen LogP contribution in [0.3, 0.4) is 0 Å². The molecule has 0 atom stereocenters. The summed E-state index contributed by atoms with van der Waals surface area (Å²) in [5.41, 5.74) is 1.87. The van der Waals surface area contributed by atoms with Crippen LogP contribution in [0.15, 0.2) is 29.6 Å². The molecule has 0 bridgehead atoms. The Morgan fingerprint density at radius 3 is 2.95 bits per heavy atom. The summed E-state index contributed by atoms with van der Waals surface area (Å²) in [6, 6.07) is 7.14. The van der Waals surface area contributed by atoms with Gasteiger partial charge in [-0.1, -0.05) is 6.07 Å². The lowest BCUT2D eigenvalue weighted by Crippen LogP contribution is -2.02. The Hall–Kier alpha value is -2.47. The number of H-pyrrole nitrogens is 1. The molecule has 3 rings (SSSR count). The molecule has 0 unspecified atom stereocenters. The molecule has 21 heavy (non-hydrogen) atoms. The Labute approximate surface area is 124 Å². The zero-order chi connectivity index (χ0) is 14.8. The zero-order valence-electron chi connectivity index (χ0n) is 11.3. The van der Waals surface area contributed by atoms with Crippen molar-refractivity contribution >= 4 is 34.6 Å². The van der Waals surface area contributed by atoms with E-state index in [0.29, 0.717) is 34.4 Å². The van der Waals surface area contributed by atoms with E-state index >= 15 is 0 Å². The third kappa shape index (κ3) is 2.45. The van der Waals surface area contributed by atoms with Gasteiger partial charge in [-0.05, 0) is 23.6 Å². The van der Waals surface area contributed by atoms with Gasteiger partial charge < -0.3 is 9.72 Å². The predicted octanol–water partition coefficient (Wildman–Crippen LogP) is 2.81. The van der Waals surface area contributed by atoms with Gasteiger partial charge in [-0.2, -0.15) is 0 Å². The zero-order valence-corrected chi connectivity index (χ0v) is 12.1. The molecular formula is C15H12N2O3S. The molecule has 106 valence electrons. The fourth-order valence-electron chi connectivity index (χ4n) is 2.20. The van der Waals surface area contributed by atoms with E-state index in [1.54, 1.807) is 23.5 Å². The van der Waals surface area contributed by atoms with Crippen LogP contribution in [0.2, 0.25) is 0 Å². The standard InChI is InChI=1S/C15H12N2O3S/c1-20-15(19)11-5-4-9(8-18)13-14(11)17-12(16-13)7-10-3-2-6-21-10/h2-6,8H,7H2,1H3,(H,16,17). The Morgan fingerprint density at radius 1 is 1.43 bits per heavy atom. The summed E-state index contributed by atoms with van der Waals surface area (Å²) in [5.74, 6) is 0.260. The Kier molecular flexibility index (Phi) is 3.53. The van der Waals surface area contributed by atoms with Crippen molar-refractivity contribution in [2.75, 3.05) is 7.11 Å². The minimum absolute atomic E-state index is 0.378. The molecule has 0 saturated heterocycles. The van der Waals surface area contributed by atoms with Gasteiger partial charge in [-0.3, -0.25) is 4.79 Å². The van der Waals surface area contributed by atoms with Crippen LogP contribution in [0.4, 0.5) is 0 Å². The second kappa shape index (κ2) is 5.49. The Morgan fingerprint density at radius 2 is 2.29 bits per heavy atom. The smallest absolute Gasteiger partial charge is 0.340 e. The SMILES string of the molecule is COC(=O)c1ccc(C=O)c2nc(Cc3cccs3)[nH]c12. The number of aromatic nitrogens is 2. The third-order valence-corrected chi connectivity index (χ3v) is 4.06. The lowest BCUT2D eigenvalue weighted by Gasteiger charge is -2.01.